The number of ether oxygens (including phenoxy) is 2. The fraction of sp³-hybridized carbons (Fsp3) is 0.375. The molecule has 0 fully saturated rings. The van der Waals surface area contributed by atoms with Gasteiger partial charge in [0.05, 0.1) is 6.42 Å². The summed E-state index contributed by atoms with van der Waals surface area (Å²) in [4.78, 5) is 55.5. The number of aliphatic carboxylic acids is 1. The molecule has 2 atom stereocenters. The molecule has 1 aromatic carbocycles. The molecule has 0 radical (unpaired) electrons. The molecule has 0 bridgehead atoms. The normalized spacial score (nSPS) is 15.7. The first-order valence-corrected chi connectivity index (χ1v) is 10.7. The molecule has 3 rings (SSSR count). The van der Waals surface area contributed by atoms with Gasteiger partial charge in [-0.2, -0.15) is 0 Å². The largest absolute Gasteiger partial charge is 0.480 e. The number of alkyl carbamates (subject to hydrolysis) is 1. The highest BCUT2D eigenvalue weighted by atomic mass is 16.6. The molecule has 34 heavy (non-hydrogen) atoms. The smallest absolute Gasteiger partial charge is 0.408 e. The van der Waals surface area contributed by atoms with E-state index in [0.29, 0.717) is 5.56 Å². The SMILES string of the molecule is CC(C)(C)OC(=O)NC(CC(=O)OCc1ccccc1)C(=O)N1c2ncccc2CC1C(=O)O. The van der Waals surface area contributed by atoms with Crippen molar-refractivity contribution in [3.05, 3.63) is 59.8 Å². The van der Waals surface area contributed by atoms with Crippen LogP contribution in [0.2, 0.25) is 0 Å². The molecule has 10 nitrogen and oxygen atoms in total. The zero-order valence-corrected chi connectivity index (χ0v) is 19.2. The molecule has 2 amide bonds. The number of carbonyl (C=O) groups is 4. The Morgan fingerprint density at radius 3 is 2.50 bits per heavy atom. The Kier molecular flexibility index (Phi) is 7.50. The fourth-order valence-electron chi connectivity index (χ4n) is 3.49. The fourth-order valence-corrected chi connectivity index (χ4v) is 3.49. The monoisotopic (exact) mass is 469 g/mol. The molecule has 1 aliphatic heterocycles. The lowest BCUT2D eigenvalue weighted by Crippen LogP contribution is -2.54. The zero-order valence-electron chi connectivity index (χ0n) is 19.2. The molecule has 2 heterocycles. The maximum atomic E-state index is 13.5. The van der Waals surface area contributed by atoms with Crippen molar-refractivity contribution in [2.75, 3.05) is 4.90 Å². The van der Waals surface area contributed by atoms with Crippen molar-refractivity contribution in [1.29, 1.82) is 0 Å². The first-order chi connectivity index (χ1) is 16.0. The van der Waals surface area contributed by atoms with Crippen LogP contribution < -0.4 is 10.2 Å². The molecular weight excluding hydrogens is 442 g/mol. The Bertz CT molecular complexity index is 1070. The molecule has 0 spiro atoms. The first kappa shape index (κ1) is 24.7. The van der Waals surface area contributed by atoms with E-state index < -0.39 is 48.0 Å². The van der Waals surface area contributed by atoms with Gasteiger partial charge in [0.15, 0.2) is 0 Å². The summed E-state index contributed by atoms with van der Waals surface area (Å²) in [6, 6.07) is 9.64. The van der Waals surface area contributed by atoms with Crippen LogP contribution in [0.25, 0.3) is 0 Å². The Labute approximate surface area is 196 Å². The van der Waals surface area contributed by atoms with Crippen molar-refractivity contribution in [3.8, 4) is 0 Å². The number of rotatable bonds is 7. The van der Waals surface area contributed by atoms with Gasteiger partial charge in [-0.05, 0) is 38.0 Å². The van der Waals surface area contributed by atoms with E-state index in [1.54, 1.807) is 57.2 Å². The number of aromatic nitrogens is 1. The number of nitrogens with one attached hydrogen (secondary N) is 1. The van der Waals surface area contributed by atoms with Gasteiger partial charge in [-0.3, -0.25) is 14.5 Å². The minimum Gasteiger partial charge on any atom is -0.480 e. The molecule has 1 aliphatic rings. The van der Waals surface area contributed by atoms with Crippen LogP contribution >= 0.6 is 0 Å². The first-order valence-electron chi connectivity index (χ1n) is 10.7. The third-order valence-electron chi connectivity index (χ3n) is 4.95. The Morgan fingerprint density at radius 2 is 1.85 bits per heavy atom. The topological polar surface area (TPSA) is 135 Å². The van der Waals surface area contributed by atoms with E-state index >= 15 is 0 Å². The summed E-state index contributed by atoms with van der Waals surface area (Å²) in [6.07, 6.45) is 0.0555. The number of amides is 2. The summed E-state index contributed by atoms with van der Waals surface area (Å²) in [5, 5.41) is 12.1. The predicted octanol–water partition coefficient (Wildman–Crippen LogP) is 2.45. The van der Waals surface area contributed by atoms with E-state index in [1.807, 2.05) is 6.07 Å². The number of carbonyl (C=O) groups excluding carboxylic acids is 3. The molecule has 0 aliphatic carbocycles. The van der Waals surface area contributed by atoms with Gasteiger partial charge < -0.3 is 19.9 Å². The lowest BCUT2D eigenvalue weighted by atomic mass is 10.1. The lowest BCUT2D eigenvalue weighted by molar-refractivity contribution is -0.146. The third-order valence-corrected chi connectivity index (χ3v) is 4.95. The van der Waals surface area contributed by atoms with Crippen LogP contribution in [0.1, 0.15) is 38.3 Å². The molecule has 2 N–H and O–H groups in total. The summed E-state index contributed by atoms with van der Waals surface area (Å²) >= 11 is 0. The summed E-state index contributed by atoms with van der Waals surface area (Å²) < 4.78 is 10.5. The summed E-state index contributed by atoms with van der Waals surface area (Å²) in [5.74, 6) is -2.60. The van der Waals surface area contributed by atoms with Crippen molar-refractivity contribution >= 4 is 29.8 Å². The van der Waals surface area contributed by atoms with E-state index in [4.69, 9.17) is 9.47 Å². The molecule has 180 valence electrons. The highest BCUT2D eigenvalue weighted by molar-refractivity contribution is 6.05. The second-order valence-corrected chi connectivity index (χ2v) is 8.80. The van der Waals surface area contributed by atoms with E-state index in [-0.39, 0.29) is 18.8 Å². The van der Waals surface area contributed by atoms with Gasteiger partial charge in [-0.1, -0.05) is 36.4 Å². The van der Waals surface area contributed by atoms with E-state index in [1.165, 1.54) is 6.20 Å². The van der Waals surface area contributed by atoms with E-state index in [0.717, 1.165) is 10.5 Å². The summed E-state index contributed by atoms with van der Waals surface area (Å²) in [6.45, 7) is 4.94. The standard InChI is InChI=1S/C24H27N3O7/c1-24(2,3)34-23(32)26-17(13-19(28)33-14-15-8-5-4-6-9-15)21(29)27-18(22(30)31)12-16-10-7-11-25-20(16)27/h4-11,17-18H,12-14H2,1-3H3,(H,26,32)(H,30,31). The van der Waals surface area contributed by atoms with Gasteiger partial charge in [0, 0.05) is 12.6 Å². The number of carboxylic acid groups (broad SMARTS) is 1. The Balaban J connectivity index is 1.81. The average molecular weight is 469 g/mol. The maximum absolute atomic E-state index is 13.5. The quantitative estimate of drug-likeness (QED) is 0.591. The molecule has 2 unspecified atom stereocenters. The average Bonchev–Trinajstić information content (AvgIpc) is 3.16. The molecule has 2 aromatic rings. The van der Waals surface area contributed by atoms with Crippen LogP contribution in [-0.2, 0) is 36.9 Å². The number of nitrogens with zero attached hydrogens (tertiary/aromatic N) is 2. The van der Waals surface area contributed by atoms with Gasteiger partial charge in [0.25, 0.3) is 5.91 Å². The van der Waals surface area contributed by atoms with Crippen molar-refractivity contribution in [3.63, 3.8) is 0 Å². The van der Waals surface area contributed by atoms with Crippen molar-refractivity contribution < 1.29 is 33.8 Å². The lowest BCUT2D eigenvalue weighted by Gasteiger charge is -2.28. The zero-order chi connectivity index (χ0) is 24.9. The van der Waals surface area contributed by atoms with E-state index in [9.17, 15) is 24.3 Å². The van der Waals surface area contributed by atoms with E-state index in [2.05, 4.69) is 10.3 Å². The molecule has 1 aromatic heterocycles. The molecule has 0 saturated heterocycles. The van der Waals surface area contributed by atoms with Crippen LogP contribution in [0.5, 0.6) is 0 Å². The number of esters is 1. The number of benzene rings is 1. The number of carboxylic acids is 1. The second kappa shape index (κ2) is 10.3. The Morgan fingerprint density at radius 1 is 1.15 bits per heavy atom. The minimum atomic E-state index is -1.42. The summed E-state index contributed by atoms with van der Waals surface area (Å²) in [7, 11) is 0. The number of hydrogen-bond acceptors (Lipinski definition) is 7. The highest BCUT2D eigenvalue weighted by Gasteiger charge is 2.43. The van der Waals surface area contributed by atoms with Crippen LogP contribution in [0.15, 0.2) is 48.7 Å². The number of anilines is 1. The molecule has 10 heteroatoms. The van der Waals surface area contributed by atoms with Crippen molar-refractivity contribution in [2.24, 2.45) is 0 Å². The second-order valence-electron chi connectivity index (χ2n) is 8.80. The summed E-state index contributed by atoms with van der Waals surface area (Å²) in [5.41, 5.74) is 0.477. The van der Waals surface area contributed by atoms with Gasteiger partial charge >= 0.3 is 18.0 Å². The van der Waals surface area contributed by atoms with Gasteiger partial charge in [-0.15, -0.1) is 0 Å². The highest BCUT2D eigenvalue weighted by Crippen LogP contribution is 2.31. The van der Waals surface area contributed by atoms with Gasteiger partial charge in [-0.25, -0.2) is 14.6 Å². The molecular formula is C24H27N3O7. The van der Waals surface area contributed by atoms with Crippen LogP contribution in [0.4, 0.5) is 10.6 Å². The maximum Gasteiger partial charge on any atom is 0.408 e. The van der Waals surface area contributed by atoms with Crippen LogP contribution in [-0.4, -0.2) is 51.7 Å². The minimum absolute atomic E-state index is 0.0150. The van der Waals surface area contributed by atoms with Gasteiger partial charge in [0.2, 0.25) is 0 Å². The van der Waals surface area contributed by atoms with Crippen LogP contribution in [0, 0.1) is 0 Å². The number of hydrogen-bond donors (Lipinski definition) is 2. The van der Waals surface area contributed by atoms with Crippen LogP contribution in [0.3, 0.4) is 0 Å². The Hall–Kier alpha value is -3.95. The number of pyridine rings is 1. The van der Waals surface area contributed by atoms with Gasteiger partial charge in [0.1, 0.15) is 30.1 Å². The third kappa shape index (κ3) is 6.31. The van der Waals surface area contributed by atoms with Crippen molar-refractivity contribution in [1.82, 2.24) is 10.3 Å². The predicted molar refractivity (Wildman–Crippen MR) is 121 cm³/mol. The van der Waals surface area contributed by atoms with Crippen molar-refractivity contribution in [2.45, 2.75) is 57.9 Å². The molecule has 0 saturated carbocycles. The number of fused-ring (bicyclic) bond motifs is 1.